The van der Waals surface area contributed by atoms with Gasteiger partial charge in [-0.05, 0) is 13.0 Å². The van der Waals surface area contributed by atoms with Crippen LogP contribution in [0.2, 0.25) is 5.02 Å². The fraction of sp³-hybridized carbons (Fsp3) is 0.154. The van der Waals surface area contributed by atoms with Crippen LogP contribution in [-0.2, 0) is 6.18 Å². The number of nitrogens with zero attached hydrogens (tertiary/aromatic N) is 3. The van der Waals surface area contributed by atoms with Gasteiger partial charge in [0.15, 0.2) is 0 Å². The van der Waals surface area contributed by atoms with E-state index in [-0.39, 0.29) is 21.4 Å². The Labute approximate surface area is 152 Å². The summed E-state index contributed by atoms with van der Waals surface area (Å²) >= 11 is 6.33. The van der Waals surface area contributed by atoms with E-state index >= 15 is 0 Å². The van der Waals surface area contributed by atoms with E-state index in [1.807, 2.05) is 0 Å². The highest BCUT2D eigenvalue weighted by Gasteiger charge is 2.34. The molecule has 0 unspecified atom stereocenters. The first-order valence-electron chi connectivity index (χ1n) is 6.61. The number of hydrogen-bond donors (Lipinski definition) is 3. The molecule has 3 N–H and O–H groups in total. The van der Waals surface area contributed by atoms with Gasteiger partial charge in [0.2, 0.25) is 0 Å². The molecule has 0 radical (unpaired) electrons. The van der Waals surface area contributed by atoms with Crippen molar-refractivity contribution in [2.24, 2.45) is 5.10 Å². The number of pyridine rings is 1. The number of aromatic nitrogens is 2. The smallest absolute Gasteiger partial charge is 0.425 e. The van der Waals surface area contributed by atoms with Gasteiger partial charge in [0.1, 0.15) is 15.7 Å². The summed E-state index contributed by atoms with van der Waals surface area (Å²) in [4.78, 5) is 30.1. The van der Waals surface area contributed by atoms with E-state index in [4.69, 9.17) is 16.7 Å². The Hall–Kier alpha value is -2.73. The quantitative estimate of drug-likeness (QED) is 0.530. The fourth-order valence-corrected chi connectivity index (χ4v) is 2.59. The number of carboxylic acid groups (broad SMARTS) is 1. The van der Waals surface area contributed by atoms with Crippen molar-refractivity contribution in [3.63, 3.8) is 0 Å². The molecular weight excluding hydrogens is 399 g/mol. The van der Waals surface area contributed by atoms with Gasteiger partial charge < -0.3 is 10.4 Å². The van der Waals surface area contributed by atoms with Crippen LogP contribution in [0.15, 0.2) is 23.6 Å². The third-order valence-electron chi connectivity index (χ3n) is 2.76. The number of nitrogens with one attached hydrogen (secondary N) is 2. The molecule has 0 bridgehead atoms. The highest BCUT2D eigenvalue weighted by molar-refractivity contribution is 7.15. The van der Waals surface area contributed by atoms with E-state index in [9.17, 15) is 22.8 Å². The average Bonchev–Trinajstić information content (AvgIpc) is 3.03. The number of hydrazone groups is 1. The molecule has 0 atom stereocenters. The zero-order chi connectivity index (χ0) is 19.5. The number of halogens is 4. The summed E-state index contributed by atoms with van der Waals surface area (Å²) in [6, 6.07) is 0.617. The lowest BCUT2D eigenvalue weighted by Crippen LogP contribution is -2.16. The van der Waals surface area contributed by atoms with Gasteiger partial charge in [0, 0.05) is 6.20 Å². The van der Waals surface area contributed by atoms with Gasteiger partial charge in [-0.2, -0.15) is 18.3 Å². The second-order valence-electron chi connectivity index (χ2n) is 4.65. The summed E-state index contributed by atoms with van der Waals surface area (Å²) in [7, 11) is 0. The SMILES string of the molecule is C/C(=N/NC(=O)O)c1ncc(C(=O)Nc2cc(C(F)(F)F)c(Cl)cn2)s1. The Kier molecular flexibility index (Phi) is 5.77. The molecule has 0 aliphatic heterocycles. The van der Waals surface area contributed by atoms with Gasteiger partial charge >= 0.3 is 12.3 Å². The lowest BCUT2D eigenvalue weighted by molar-refractivity contribution is -0.137. The third kappa shape index (κ3) is 4.89. The maximum Gasteiger partial charge on any atom is 0.425 e. The molecule has 138 valence electrons. The van der Waals surface area contributed by atoms with Crippen molar-refractivity contribution in [1.29, 1.82) is 0 Å². The van der Waals surface area contributed by atoms with E-state index in [1.165, 1.54) is 13.1 Å². The van der Waals surface area contributed by atoms with Gasteiger partial charge in [0.25, 0.3) is 5.91 Å². The zero-order valence-corrected chi connectivity index (χ0v) is 14.3. The third-order valence-corrected chi connectivity index (χ3v) is 4.17. The molecule has 0 spiro atoms. The minimum Gasteiger partial charge on any atom is -0.464 e. The van der Waals surface area contributed by atoms with Crippen LogP contribution in [0.4, 0.5) is 23.8 Å². The van der Waals surface area contributed by atoms with Crippen LogP contribution in [-0.4, -0.2) is 32.8 Å². The molecule has 0 fully saturated rings. The van der Waals surface area contributed by atoms with Crippen LogP contribution in [0.1, 0.15) is 27.2 Å². The first-order chi connectivity index (χ1) is 12.1. The molecule has 13 heteroatoms. The van der Waals surface area contributed by atoms with E-state index in [0.29, 0.717) is 6.07 Å². The second-order valence-corrected chi connectivity index (χ2v) is 6.08. The molecule has 2 aromatic rings. The molecule has 0 aliphatic carbocycles. The molecule has 0 aromatic carbocycles. The van der Waals surface area contributed by atoms with Crippen LogP contribution in [0.5, 0.6) is 0 Å². The largest absolute Gasteiger partial charge is 0.464 e. The number of anilines is 1. The van der Waals surface area contributed by atoms with Crippen molar-refractivity contribution >= 4 is 46.5 Å². The summed E-state index contributed by atoms with van der Waals surface area (Å²) in [6.07, 6.45) is -4.10. The van der Waals surface area contributed by atoms with Crippen LogP contribution in [0.25, 0.3) is 0 Å². The van der Waals surface area contributed by atoms with Gasteiger partial charge in [-0.15, -0.1) is 11.3 Å². The number of thiazole rings is 1. The molecule has 8 nitrogen and oxygen atoms in total. The molecule has 2 aromatic heterocycles. The molecule has 0 saturated heterocycles. The first kappa shape index (κ1) is 19.6. The Morgan fingerprint density at radius 2 is 2.00 bits per heavy atom. The minimum atomic E-state index is -4.69. The predicted octanol–water partition coefficient (Wildman–Crippen LogP) is 3.45. The van der Waals surface area contributed by atoms with Crippen molar-refractivity contribution in [2.75, 3.05) is 5.32 Å². The fourth-order valence-electron chi connectivity index (χ4n) is 1.63. The maximum absolute atomic E-state index is 12.8. The van der Waals surface area contributed by atoms with Crippen LogP contribution in [0.3, 0.4) is 0 Å². The van der Waals surface area contributed by atoms with Crippen molar-refractivity contribution in [2.45, 2.75) is 13.1 Å². The molecule has 0 saturated carbocycles. The van der Waals surface area contributed by atoms with Crippen LogP contribution < -0.4 is 10.7 Å². The van der Waals surface area contributed by atoms with Crippen LogP contribution >= 0.6 is 22.9 Å². The number of carbonyl (C=O) groups excluding carboxylic acids is 1. The Morgan fingerprint density at radius 3 is 2.62 bits per heavy atom. The van der Waals surface area contributed by atoms with E-state index in [0.717, 1.165) is 17.5 Å². The molecule has 2 heterocycles. The van der Waals surface area contributed by atoms with Crippen LogP contribution in [0, 0.1) is 0 Å². The summed E-state index contributed by atoms with van der Waals surface area (Å²) in [6.45, 7) is 1.47. The normalized spacial score (nSPS) is 12.0. The maximum atomic E-state index is 12.8. The number of hydrogen-bond acceptors (Lipinski definition) is 6. The monoisotopic (exact) mass is 407 g/mol. The molecular formula is C13H9ClF3N5O3S. The Bertz CT molecular complexity index is 884. The number of rotatable bonds is 4. The summed E-state index contributed by atoms with van der Waals surface area (Å²) in [5.41, 5.74) is 0.870. The van der Waals surface area contributed by atoms with Gasteiger partial charge in [-0.25, -0.2) is 20.2 Å². The van der Waals surface area contributed by atoms with Gasteiger partial charge in [-0.1, -0.05) is 11.6 Å². The van der Waals surface area contributed by atoms with Gasteiger partial charge in [-0.3, -0.25) is 4.79 Å². The van der Waals surface area contributed by atoms with Crippen molar-refractivity contribution in [1.82, 2.24) is 15.4 Å². The molecule has 2 amide bonds. The zero-order valence-electron chi connectivity index (χ0n) is 12.8. The van der Waals surface area contributed by atoms with Crippen molar-refractivity contribution in [3.8, 4) is 0 Å². The Balaban J connectivity index is 2.16. The number of carbonyl (C=O) groups is 2. The highest BCUT2D eigenvalue weighted by Crippen LogP contribution is 2.35. The van der Waals surface area contributed by atoms with E-state index in [1.54, 1.807) is 5.43 Å². The predicted molar refractivity (Wildman–Crippen MR) is 87.7 cm³/mol. The Morgan fingerprint density at radius 1 is 1.31 bits per heavy atom. The summed E-state index contributed by atoms with van der Waals surface area (Å²) in [5.74, 6) is -1.07. The lowest BCUT2D eigenvalue weighted by atomic mass is 10.2. The number of alkyl halides is 3. The highest BCUT2D eigenvalue weighted by atomic mass is 35.5. The second kappa shape index (κ2) is 7.66. The van der Waals surface area contributed by atoms with Gasteiger partial charge in [0.05, 0.1) is 22.5 Å². The molecule has 0 aliphatic rings. The van der Waals surface area contributed by atoms with Crippen molar-refractivity contribution in [3.05, 3.63) is 38.9 Å². The minimum absolute atomic E-state index is 0.0650. The average molecular weight is 408 g/mol. The van der Waals surface area contributed by atoms with Crippen molar-refractivity contribution < 1.29 is 27.9 Å². The topological polar surface area (TPSA) is 117 Å². The standard InChI is InChI=1S/C13H9ClF3N5O3S/c1-5(21-22-12(24)25)11-19-4-8(26-11)10(23)20-9-2-6(13(15,16)17)7(14)3-18-9/h2-4,22H,1H3,(H,24,25)(H,18,20,23)/b21-5-. The summed E-state index contributed by atoms with van der Waals surface area (Å²) < 4.78 is 38.5. The van der Waals surface area contributed by atoms with E-state index in [2.05, 4.69) is 20.4 Å². The van der Waals surface area contributed by atoms with E-state index < -0.39 is 28.8 Å². The first-order valence-corrected chi connectivity index (χ1v) is 7.81. The molecule has 26 heavy (non-hydrogen) atoms. The lowest BCUT2D eigenvalue weighted by Gasteiger charge is -2.10. The summed E-state index contributed by atoms with van der Waals surface area (Å²) in [5, 5.41) is 13.9. The number of amides is 2. The molecule has 2 rings (SSSR count).